The van der Waals surface area contributed by atoms with Crippen molar-refractivity contribution in [3.63, 3.8) is 0 Å². The number of ether oxygens (including phenoxy) is 1. The van der Waals surface area contributed by atoms with E-state index in [2.05, 4.69) is 27.4 Å². The molecule has 2 amide bonds. The Bertz CT molecular complexity index is 452. The molecule has 116 valence electrons. The zero-order valence-electron chi connectivity index (χ0n) is 12.2. The number of pyridine rings is 1. The molecular formula is C14H22N4O3. The van der Waals surface area contributed by atoms with Crippen LogP contribution in [0.3, 0.4) is 0 Å². The summed E-state index contributed by atoms with van der Waals surface area (Å²) >= 11 is 0. The van der Waals surface area contributed by atoms with Crippen molar-refractivity contribution >= 4 is 11.8 Å². The predicted molar refractivity (Wildman–Crippen MR) is 79.2 cm³/mol. The molecule has 7 nitrogen and oxygen atoms in total. The Morgan fingerprint density at radius 2 is 2.38 bits per heavy atom. The van der Waals surface area contributed by atoms with Gasteiger partial charge in [-0.05, 0) is 18.6 Å². The second kappa shape index (κ2) is 7.80. The molecule has 1 atom stereocenters. The molecule has 2 heterocycles. The van der Waals surface area contributed by atoms with Crippen LogP contribution >= 0.6 is 0 Å². The third-order valence-corrected chi connectivity index (χ3v) is 3.22. The second-order valence-corrected chi connectivity index (χ2v) is 4.99. The van der Waals surface area contributed by atoms with Crippen LogP contribution in [0.1, 0.15) is 12.5 Å². The Kier molecular flexibility index (Phi) is 5.77. The van der Waals surface area contributed by atoms with E-state index >= 15 is 0 Å². The van der Waals surface area contributed by atoms with Gasteiger partial charge in [-0.3, -0.25) is 0 Å². The van der Waals surface area contributed by atoms with Crippen LogP contribution in [0.15, 0.2) is 18.3 Å². The van der Waals surface area contributed by atoms with Crippen molar-refractivity contribution < 1.29 is 14.6 Å². The lowest BCUT2D eigenvalue weighted by molar-refractivity contribution is 0.0529. The van der Waals surface area contributed by atoms with Crippen LogP contribution < -0.4 is 15.5 Å². The summed E-state index contributed by atoms with van der Waals surface area (Å²) in [6, 6.07) is 3.62. The molecule has 21 heavy (non-hydrogen) atoms. The van der Waals surface area contributed by atoms with Crippen LogP contribution in [0.4, 0.5) is 10.6 Å². The summed E-state index contributed by atoms with van der Waals surface area (Å²) in [7, 11) is 0. The van der Waals surface area contributed by atoms with Gasteiger partial charge in [-0.1, -0.05) is 6.07 Å². The average Bonchev–Trinajstić information content (AvgIpc) is 2.51. The molecule has 0 radical (unpaired) electrons. The first kappa shape index (κ1) is 15.5. The van der Waals surface area contributed by atoms with Gasteiger partial charge in [0.05, 0.1) is 19.3 Å². The van der Waals surface area contributed by atoms with E-state index in [4.69, 9.17) is 9.84 Å². The minimum absolute atomic E-state index is 0.0678. The molecule has 0 aromatic carbocycles. The van der Waals surface area contributed by atoms with Gasteiger partial charge in [0, 0.05) is 32.4 Å². The lowest BCUT2D eigenvalue weighted by Gasteiger charge is -2.32. The SMILES string of the molecule is C[C@@H]1CN(c2ccc(CNC(=O)NCCO)cn2)CCO1. The molecule has 1 aliphatic heterocycles. The topological polar surface area (TPSA) is 86.7 Å². The maximum Gasteiger partial charge on any atom is 0.315 e. The maximum atomic E-state index is 11.3. The normalized spacial score (nSPS) is 18.4. The van der Waals surface area contributed by atoms with Crippen molar-refractivity contribution in [2.24, 2.45) is 0 Å². The number of aromatic nitrogens is 1. The monoisotopic (exact) mass is 294 g/mol. The smallest absolute Gasteiger partial charge is 0.315 e. The Hall–Kier alpha value is -1.86. The van der Waals surface area contributed by atoms with Gasteiger partial charge in [-0.2, -0.15) is 0 Å². The summed E-state index contributed by atoms with van der Waals surface area (Å²) in [6.45, 7) is 5.04. The van der Waals surface area contributed by atoms with Crippen molar-refractivity contribution in [3.8, 4) is 0 Å². The van der Waals surface area contributed by atoms with Gasteiger partial charge >= 0.3 is 6.03 Å². The predicted octanol–water partition coefficient (Wildman–Crippen LogP) is 0.0982. The number of carbonyl (C=O) groups is 1. The van der Waals surface area contributed by atoms with Crippen LogP contribution in [-0.2, 0) is 11.3 Å². The molecule has 2 rings (SSSR count). The van der Waals surface area contributed by atoms with E-state index < -0.39 is 0 Å². The fourth-order valence-corrected chi connectivity index (χ4v) is 2.15. The maximum absolute atomic E-state index is 11.3. The van der Waals surface area contributed by atoms with Gasteiger partial charge in [0.15, 0.2) is 0 Å². The van der Waals surface area contributed by atoms with Gasteiger partial charge < -0.3 is 25.4 Å². The number of hydrogen-bond acceptors (Lipinski definition) is 5. The number of hydrogen-bond donors (Lipinski definition) is 3. The molecule has 3 N–H and O–H groups in total. The Balaban J connectivity index is 1.83. The number of aliphatic hydroxyl groups is 1. The van der Waals surface area contributed by atoms with Crippen molar-refractivity contribution in [1.82, 2.24) is 15.6 Å². The number of nitrogens with one attached hydrogen (secondary N) is 2. The minimum atomic E-state index is -0.296. The molecule has 1 aromatic rings. The molecule has 1 saturated heterocycles. The zero-order valence-corrected chi connectivity index (χ0v) is 12.2. The number of aliphatic hydroxyl groups excluding tert-OH is 1. The second-order valence-electron chi connectivity index (χ2n) is 4.99. The highest BCUT2D eigenvalue weighted by Gasteiger charge is 2.17. The summed E-state index contributed by atoms with van der Waals surface area (Å²) in [5.41, 5.74) is 0.930. The van der Waals surface area contributed by atoms with Crippen molar-refractivity contribution in [3.05, 3.63) is 23.9 Å². The molecule has 0 unspecified atom stereocenters. The number of rotatable bonds is 5. The number of carbonyl (C=O) groups excluding carboxylic acids is 1. The van der Waals surface area contributed by atoms with Crippen LogP contribution in [0, 0.1) is 0 Å². The number of morpholine rings is 1. The lowest BCUT2D eigenvalue weighted by Crippen LogP contribution is -2.41. The molecule has 0 spiro atoms. The van der Waals surface area contributed by atoms with Gasteiger partial charge in [0.25, 0.3) is 0 Å². The lowest BCUT2D eigenvalue weighted by atomic mass is 10.2. The first-order chi connectivity index (χ1) is 10.2. The molecule has 0 bridgehead atoms. The highest BCUT2D eigenvalue weighted by Crippen LogP contribution is 2.15. The first-order valence-corrected chi connectivity index (χ1v) is 7.13. The molecule has 1 fully saturated rings. The van der Waals surface area contributed by atoms with Crippen LogP contribution in [0.2, 0.25) is 0 Å². The number of nitrogens with zero attached hydrogens (tertiary/aromatic N) is 2. The van der Waals surface area contributed by atoms with Crippen molar-refractivity contribution in [2.75, 3.05) is 37.7 Å². The number of anilines is 1. The quantitative estimate of drug-likeness (QED) is 0.717. The Morgan fingerprint density at radius 1 is 1.52 bits per heavy atom. The third kappa shape index (κ3) is 4.87. The Labute approximate surface area is 124 Å². The van der Waals surface area contributed by atoms with Crippen molar-refractivity contribution in [1.29, 1.82) is 0 Å². The van der Waals surface area contributed by atoms with Gasteiger partial charge in [-0.25, -0.2) is 9.78 Å². The summed E-state index contributed by atoms with van der Waals surface area (Å²) in [5.74, 6) is 0.929. The van der Waals surface area contributed by atoms with E-state index in [1.807, 2.05) is 12.1 Å². The first-order valence-electron chi connectivity index (χ1n) is 7.13. The highest BCUT2D eigenvalue weighted by atomic mass is 16.5. The van der Waals surface area contributed by atoms with Crippen LogP contribution in [0.5, 0.6) is 0 Å². The van der Waals surface area contributed by atoms with E-state index in [1.165, 1.54) is 0 Å². The standard InChI is InChI=1S/C14H22N4O3/c1-11-10-18(5-7-21-11)13-3-2-12(8-16-13)9-17-14(20)15-4-6-19/h2-3,8,11,19H,4-7,9-10H2,1H3,(H2,15,17,20)/t11-/m1/s1. The molecule has 0 aliphatic carbocycles. The minimum Gasteiger partial charge on any atom is -0.395 e. The number of amides is 2. The van der Waals surface area contributed by atoms with E-state index in [0.717, 1.165) is 31.1 Å². The third-order valence-electron chi connectivity index (χ3n) is 3.22. The van der Waals surface area contributed by atoms with Crippen LogP contribution in [-0.4, -0.2) is 55.1 Å². The van der Waals surface area contributed by atoms with E-state index in [0.29, 0.717) is 6.54 Å². The fraction of sp³-hybridized carbons (Fsp3) is 0.571. The molecule has 0 saturated carbocycles. The molecular weight excluding hydrogens is 272 g/mol. The van der Waals surface area contributed by atoms with Gasteiger partial charge in [0.1, 0.15) is 5.82 Å². The molecule has 1 aromatic heterocycles. The summed E-state index contributed by atoms with van der Waals surface area (Å²) in [6.07, 6.45) is 1.99. The molecule has 7 heteroatoms. The summed E-state index contributed by atoms with van der Waals surface area (Å²) in [4.78, 5) is 18.0. The van der Waals surface area contributed by atoms with Gasteiger partial charge in [-0.15, -0.1) is 0 Å². The highest BCUT2D eigenvalue weighted by molar-refractivity contribution is 5.73. The van der Waals surface area contributed by atoms with Crippen molar-refractivity contribution in [2.45, 2.75) is 19.6 Å². The Morgan fingerprint density at radius 3 is 3.05 bits per heavy atom. The summed E-state index contributed by atoms with van der Waals surface area (Å²) in [5, 5.41) is 13.8. The summed E-state index contributed by atoms with van der Waals surface area (Å²) < 4.78 is 5.51. The van der Waals surface area contributed by atoms with E-state index in [1.54, 1.807) is 6.20 Å². The average molecular weight is 294 g/mol. The number of urea groups is 1. The van der Waals surface area contributed by atoms with E-state index in [9.17, 15) is 4.79 Å². The fourth-order valence-electron chi connectivity index (χ4n) is 2.15. The van der Waals surface area contributed by atoms with Crippen LogP contribution in [0.25, 0.3) is 0 Å². The molecule has 1 aliphatic rings. The van der Waals surface area contributed by atoms with Gasteiger partial charge in [0.2, 0.25) is 0 Å². The largest absolute Gasteiger partial charge is 0.395 e. The van der Waals surface area contributed by atoms with E-state index in [-0.39, 0.29) is 25.3 Å². The zero-order chi connectivity index (χ0) is 15.1.